The van der Waals surface area contributed by atoms with Gasteiger partial charge in [0.2, 0.25) is 0 Å². The van der Waals surface area contributed by atoms with E-state index in [1.165, 1.54) is 5.56 Å². The molecule has 0 atom stereocenters. The summed E-state index contributed by atoms with van der Waals surface area (Å²) in [6.07, 6.45) is 1.88. The first kappa shape index (κ1) is 11.8. The molecule has 1 aliphatic rings. The van der Waals surface area contributed by atoms with Crippen molar-refractivity contribution >= 4 is 11.6 Å². The maximum atomic E-state index is 5.91. The number of halogens is 1. The Morgan fingerprint density at radius 3 is 2.62 bits per heavy atom. The van der Waals surface area contributed by atoms with Crippen molar-refractivity contribution in [2.45, 2.75) is 13.5 Å². The average molecular weight is 240 g/mol. The second-order valence-corrected chi connectivity index (χ2v) is 4.89. The summed E-state index contributed by atoms with van der Waals surface area (Å²) in [4.78, 5) is 9.01. The van der Waals surface area contributed by atoms with E-state index in [4.69, 9.17) is 11.6 Å². The van der Waals surface area contributed by atoms with Gasteiger partial charge in [-0.15, -0.1) is 0 Å². The predicted octanol–water partition coefficient (Wildman–Crippen LogP) is 1.79. The highest BCUT2D eigenvalue weighted by atomic mass is 35.5. The molecule has 2 heterocycles. The van der Waals surface area contributed by atoms with Crippen molar-refractivity contribution in [3.05, 3.63) is 28.5 Å². The highest BCUT2D eigenvalue weighted by molar-refractivity contribution is 6.30. The fourth-order valence-corrected chi connectivity index (χ4v) is 2.07. The van der Waals surface area contributed by atoms with Crippen LogP contribution in [0.15, 0.2) is 12.3 Å². The molecule has 0 aromatic carbocycles. The van der Waals surface area contributed by atoms with Crippen molar-refractivity contribution in [1.29, 1.82) is 0 Å². The lowest BCUT2D eigenvalue weighted by Crippen LogP contribution is -2.43. The van der Waals surface area contributed by atoms with Gasteiger partial charge in [-0.25, -0.2) is 4.98 Å². The van der Waals surface area contributed by atoms with Gasteiger partial charge in [0, 0.05) is 38.9 Å². The Labute approximate surface area is 102 Å². The first-order valence-electron chi connectivity index (χ1n) is 5.67. The molecule has 1 aliphatic heterocycles. The minimum atomic E-state index is 0.613. The summed E-state index contributed by atoms with van der Waals surface area (Å²) >= 11 is 5.91. The molecule has 0 spiro atoms. The van der Waals surface area contributed by atoms with E-state index in [1.54, 1.807) is 0 Å². The summed E-state index contributed by atoms with van der Waals surface area (Å²) in [7, 11) is 2.17. The molecule has 16 heavy (non-hydrogen) atoms. The molecule has 2 rings (SSSR count). The van der Waals surface area contributed by atoms with Crippen LogP contribution in [0.3, 0.4) is 0 Å². The summed E-state index contributed by atoms with van der Waals surface area (Å²) in [5, 5.41) is 0.613. The molecule has 1 fully saturated rings. The standard InChI is InChI=1S/C12H18ClN3/c1-10-7-11(8-14-12(10)13)9-16-5-3-15(2)4-6-16/h7-8H,3-6,9H2,1-2H3. The summed E-state index contributed by atoms with van der Waals surface area (Å²) in [5.41, 5.74) is 2.32. The summed E-state index contributed by atoms with van der Waals surface area (Å²) in [6.45, 7) is 7.57. The van der Waals surface area contributed by atoms with Crippen LogP contribution in [0.2, 0.25) is 5.15 Å². The molecule has 0 unspecified atom stereocenters. The Hall–Kier alpha value is -0.640. The zero-order valence-corrected chi connectivity index (χ0v) is 10.7. The van der Waals surface area contributed by atoms with Crippen LogP contribution in [0.4, 0.5) is 0 Å². The van der Waals surface area contributed by atoms with Crippen molar-refractivity contribution in [1.82, 2.24) is 14.8 Å². The van der Waals surface area contributed by atoms with E-state index in [0.29, 0.717) is 5.15 Å². The number of hydrogen-bond donors (Lipinski definition) is 0. The molecule has 3 nitrogen and oxygen atoms in total. The molecular weight excluding hydrogens is 222 g/mol. The number of aromatic nitrogens is 1. The molecule has 4 heteroatoms. The largest absolute Gasteiger partial charge is 0.304 e. The van der Waals surface area contributed by atoms with Gasteiger partial charge in [0.1, 0.15) is 5.15 Å². The lowest BCUT2D eigenvalue weighted by Gasteiger charge is -2.32. The second-order valence-electron chi connectivity index (χ2n) is 4.53. The van der Waals surface area contributed by atoms with Crippen LogP contribution < -0.4 is 0 Å². The highest BCUT2D eigenvalue weighted by Crippen LogP contribution is 2.14. The number of hydrogen-bond acceptors (Lipinski definition) is 3. The fourth-order valence-electron chi connectivity index (χ4n) is 1.97. The normalized spacial score (nSPS) is 18.9. The maximum Gasteiger partial charge on any atom is 0.131 e. The molecule has 0 amide bonds. The van der Waals surface area contributed by atoms with Crippen LogP contribution in [0.5, 0.6) is 0 Å². The van der Waals surface area contributed by atoms with Crippen molar-refractivity contribution < 1.29 is 0 Å². The highest BCUT2D eigenvalue weighted by Gasteiger charge is 2.14. The summed E-state index contributed by atoms with van der Waals surface area (Å²) in [6, 6.07) is 2.13. The number of pyridine rings is 1. The number of nitrogens with zero attached hydrogens (tertiary/aromatic N) is 3. The zero-order chi connectivity index (χ0) is 11.5. The Kier molecular flexibility index (Phi) is 3.79. The van der Waals surface area contributed by atoms with Gasteiger partial charge < -0.3 is 4.90 Å². The van der Waals surface area contributed by atoms with Crippen LogP contribution in [0.25, 0.3) is 0 Å². The van der Waals surface area contributed by atoms with Gasteiger partial charge in [-0.1, -0.05) is 17.7 Å². The Balaban J connectivity index is 1.96. The van der Waals surface area contributed by atoms with Crippen molar-refractivity contribution in [2.75, 3.05) is 33.2 Å². The monoisotopic (exact) mass is 239 g/mol. The first-order chi connectivity index (χ1) is 7.65. The molecular formula is C12H18ClN3. The van der Waals surface area contributed by atoms with Gasteiger partial charge in [-0.2, -0.15) is 0 Å². The first-order valence-corrected chi connectivity index (χ1v) is 6.05. The van der Waals surface area contributed by atoms with Gasteiger partial charge in [-0.3, -0.25) is 4.90 Å². The third kappa shape index (κ3) is 2.94. The molecule has 0 radical (unpaired) electrons. The molecule has 0 bridgehead atoms. The van der Waals surface area contributed by atoms with E-state index < -0.39 is 0 Å². The van der Waals surface area contributed by atoms with E-state index in [9.17, 15) is 0 Å². The van der Waals surface area contributed by atoms with Crippen molar-refractivity contribution in [2.24, 2.45) is 0 Å². The minimum Gasteiger partial charge on any atom is -0.304 e. The molecule has 1 aromatic heterocycles. The molecule has 88 valence electrons. The van der Waals surface area contributed by atoms with Crippen LogP contribution in [-0.4, -0.2) is 48.0 Å². The molecule has 1 aromatic rings. The van der Waals surface area contributed by atoms with Crippen LogP contribution >= 0.6 is 11.6 Å². The van der Waals surface area contributed by atoms with E-state index in [1.807, 2.05) is 13.1 Å². The van der Waals surface area contributed by atoms with Gasteiger partial charge in [-0.05, 0) is 25.1 Å². The Morgan fingerprint density at radius 2 is 2.00 bits per heavy atom. The van der Waals surface area contributed by atoms with E-state index in [0.717, 1.165) is 38.3 Å². The Morgan fingerprint density at radius 1 is 1.31 bits per heavy atom. The molecule has 0 N–H and O–H groups in total. The van der Waals surface area contributed by atoms with E-state index >= 15 is 0 Å². The van der Waals surface area contributed by atoms with Crippen molar-refractivity contribution in [3.8, 4) is 0 Å². The zero-order valence-electron chi connectivity index (χ0n) is 9.91. The molecule has 0 saturated carbocycles. The summed E-state index contributed by atoms with van der Waals surface area (Å²) < 4.78 is 0. The van der Waals surface area contributed by atoms with E-state index in [-0.39, 0.29) is 0 Å². The lowest BCUT2D eigenvalue weighted by molar-refractivity contribution is 0.148. The number of piperazine rings is 1. The SMILES string of the molecule is Cc1cc(CN2CCN(C)CC2)cnc1Cl. The number of rotatable bonds is 2. The van der Waals surface area contributed by atoms with Crippen molar-refractivity contribution in [3.63, 3.8) is 0 Å². The third-order valence-electron chi connectivity index (χ3n) is 3.07. The van der Waals surface area contributed by atoms with Gasteiger partial charge in [0.25, 0.3) is 0 Å². The quantitative estimate of drug-likeness (QED) is 0.734. The maximum absolute atomic E-state index is 5.91. The van der Waals surface area contributed by atoms with Gasteiger partial charge in [0.05, 0.1) is 0 Å². The minimum absolute atomic E-state index is 0.613. The Bertz CT molecular complexity index is 359. The lowest BCUT2D eigenvalue weighted by atomic mass is 10.2. The average Bonchev–Trinajstić information content (AvgIpc) is 2.27. The predicted molar refractivity (Wildman–Crippen MR) is 66.8 cm³/mol. The van der Waals surface area contributed by atoms with Crippen LogP contribution in [0, 0.1) is 6.92 Å². The molecule has 1 saturated heterocycles. The van der Waals surface area contributed by atoms with Crippen LogP contribution in [-0.2, 0) is 6.54 Å². The second kappa shape index (κ2) is 5.13. The topological polar surface area (TPSA) is 19.4 Å². The van der Waals surface area contributed by atoms with Crippen LogP contribution in [0.1, 0.15) is 11.1 Å². The van der Waals surface area contributed by atoms with Gasteiger partial charge in [0.15, 0.2) is 0 Å². The van der Waals surface area contributed by atoms with E-state index in [2.05, 4.69) is 27.9 Å². The van der Waals surface area contributed by atoms with Gasteiger partial charge >= 0.3 is 0 Å². The number of likely N-dealkylation sites (N-methyl/N-ethyl adjacent to an activating group) is 1. The summed E-state index contributed by atoms with van der Waals surface area (Å²) in [5.74, 6) is 0. The smallest absolute Gasteiger partial charge is 0.131 e. The third-order valence-corrected chi connectivity index (χ3v) is 3.47. The fraction of sp³-hybridized carbons (Fsp3) is 0.583. The number of aryl methyl sites for hydroxylation is 1. The molecule has 0 aliphatic carbocycles.